The Morgan fingerprint density at radius 3 is 1.11 bits per heavy atom. The van der Waals surface area contributed by atoms with Crippen LogP contribution in [-0.2, 0) is 49.2 Å². The Kier molecular flexibility index (Phi) is 23.5. The minimum Gasteiger partial charge on any atom is -0.412 e. The Balaban J connectivity index is 0.000000297. The molecule has 0 fully saturated rings. The fourth-order valence-electron chi connectivity index (χ4n) is 10.7. The number of hydrogen-bond donors (Lipinski definition) is 4. The standard InChI is InChI=1S/2C28H32N4O3.C6H8.2H2O.Pd/c2*1-18(2)17-21(28(27(29)35)15-9-10-16-28)25(33)31-24-26(34)32(3)22-14-8-7-13-20(22)23(30-24)19-11-5-4-6-12-19;1-2-4-6-5-3-1;;;/h2*4-14,18,21,24H,15-17H2,1-3H3,(H2,29,35)(H,31,33);1-2,5-6H,3-4H2;2*1H2;/t2*21-,24+;;;;/m00..../s1. The van der Waals surface area contributed by atoms with Gasteiger partial charge in [-0.1, -0.05) is 173 Å². The molecule has 10 N–H and O–H groups in total. The summed E-state index contributed by atoms with van der Waals surface area (Å²) >= 11 is 0. The molecule has 0 spiro atoms. The van der Waals surface area contributed by atoms with Crippen molar-refractivity contribution in [2.75, 3.05) is 23.9 Å². The van der Waals surface area contributed by atoms with E-state index in [-0.39, 0.29) is 66.8 Å². The van der Waals surface area contributed by atoms with Crippen molar-refractivity contribution in [3.8, 4) is 0 Å². The molecule has 5 aliphatic rings. The van der Waals surface area contributed by atoms with Crippen LogP contribution in [0.1, 0.15) is 101 Å². The number of carbonyl (C=O) groups is 6. The molecule has 79 heavy (non-hydrogen) atoms. The number of aliphatic imine (C=N–C) groups is 2. The van der Waals surface area contributed by atoms with Crippen LogP contribution < -0.4 is 31.9 Å². The maximum absolute atomic E-state index is 13.7. The number of para-hydroxylation sites is 2. The van der Waals surface area contributed by atoms with Crippen molar-refractivity contribution in [1.82, 2.24) is 10.6 Å². The number of carbonyl (C=O) groups excluding carboxylic acids is 6. The summed E-state index contributed by atoms with van der Waals surface area (Å²) in [6, 6.07) is 34.3. The van der Waals surface area contributed by atoms with E-state index in [0.29, 0.717) is 61.3 Å². The van der Waals surface area contributed by atoms with Gasteiger partial charge in [-0.15, -0.1) is 0 Å². The average Bonchev–Trinajstić information content (AvgIpc) is 4.15. The fourth-order valence-corrected chi connectivity index (χ4v) is 10.7. The summed E-state index contributed by atoms with van der Waals surface area (Å²) in [6.45, 7) is 8.02. The van der Waals surface area contributed by atoms with Crippen LogP contribution in [0, 0.1) is 34.5 Å². The van der Waals surface area contributed by atoms with Gasteiger partial charge in [-0.2, -0.15) is 0 Å². The van der Waals surface area contributed by atoms with Crippen LogP contribution in [0.15, 0.2) is 168 Å². The third-order valence-corrected chi connectivity index (χ3v) is 14.8. The van der Waals surface area contributed by atoms with E-state index < -0.39 is 46.8 Å². The molecule has 0 saturated heterocycles. The molecule has 4 aromatic rings. The molecule has 6 amide bonds. The van der Waals surface area contributed by atoms with E-state index in [1.165, 1.54) is 9.80 Å². The molecule has 0 saturated carbocycles. The predicted octanol–water partition coefficient (Wildman–Crippen LogP) is 7.09. The minimum atomic E-state index is -1.14. The molecular weight excluding hydrogens is 1090 g/mol. The number of hydrogen-bond acceptors (Lipinski definition) is 8. The van der Waals surface area contributed by atoms with Crippen molar-refractivity contribution in [1.29, 1.82) is 0 Å². The molecule has 2 aliphatic heterocycles. The van der Waals surface area contributed by atoms with Gasteiger partial charge < -0.3 is 42.9 Å². The van der Waals surface area contributed by atoms with Crippen molar-refractivity contribution in [3.05, 3.63) is 180 Å². The second-order valence-corrected chi connectivity index (χ2v) is 20.9. The van der Waals surface area contributed by atoms with Gasteiger partial charge in [-0.25, -0.2) is 9.98 Å². The zero-order chi connectivity index (χ0) is 54.6. The molecule has 0 unspecified atom stereocenters. The molecule has 4 atom stereocenters. The first-order chi connectivity index (χ1) is 36.5. The van der Waals surface area contributed by atoms with E-state index >= 15 is 0 Å². The number of nitrogens with zero attached hydrogens (tertiary/aromatic N) is 4. The number of anilines is 2. The van der Waals surface area contributed by atoms with Gasteiger partial charge >= 0.3 is 0 Å². The van der Waals surface area contributed by atoms with Crippen molar-refractivity contribution in [3.63, 3.8) is 0 Å². The Morgan fingerprint density at radius 1 is 0.519 bits per heavy atom. The number of nitrogens with two attached hydrogens (primary N) is 2. The Morgan fingerprint density at radius 2 is 0.823 bits per heavy atom. The molecule has 9 rings (SSSR count). The number of benzodiazepines with no additional fused rings is 2. The third kappa shape index (κ3) is 14.6. The number of nitrogens with one attached hydrogen (secondary N) is 2. The van der Waals surface area contributed by atoms with Crippen molar-refractivity contribution in [2.45, 2.75) is 91.4 Å². The van der Waals surface area contributed by atoms with Crippen LogP contribution in [0.2, 0.25) is 0 Å². The van der Waals surface area contributed by atoms with Crippen molar-refractivity contribution < 1.29 is 60.1 Å². The first-order valence-corrected chi connectivity index (χ1v) is 26.3. The van der Waals surface area contributed by atoms with E-state index in [1.54, 1.807) is 14.1 Å². The van der Waals surface area contributed by atoms with E-state index in [0.717, 1.165) is 35.1 Å². The number of primary amides is 2. The van der Waals surface area contributed by atoms with Gasteiger partial charge in [0.25, 0.3) is 11.8 Å². The normalized spacial score (nSPS) is 18.8. The van der Waals surface area contributed by atoms with Crippen LogP contribution in [0.25, 0.3) is 0 Å². The smallest absolute Gasteiger partial charge is 0.272 e. The molecule has 0 bridgehead atoms. The summed E-state index contributed by atoms with van der Waals surface area (Å²) in [5.41, 5.74) is 15.7. The Labute approximate surface area is 477 Å². The van der Waals surface area contributed by atoms with Gasteiger partial charge in [-0.3, -0.25) is 28.8 Å². The van der Waals surface area contributed by atoms with E-state index in [9.17, 15) is 28.8 Å². The van der Waals surface area contributed by atoms with Crippen LogP contribution in [-0.4, -0.2) is 84.2 Å². The summed E-state index contributed by atoms with van der Waals surface area (Å²) in [7, 11) is 3.36. The quantitative estimate of drug-likeness (QED) is 0.0755. The zero-order valence-electron chi connectivity index (χ0n) is 45.8. The molecule has 17 heteroatoms. The molecule has 4 aromatic carbocycles. The molecular formula is C62H76N8O8Pd. The molecule has 422 valence electrons. The Hall–Kier alpha value is -7.42. The van der Waals surface area contributed by atoms with Crippen molar-refractivity contribution in [2.24, 2.45) is 56.0 Å². The van der Waals surface area contributed by atoms with Crippen LogP contribution in [0.5, 0.6) is 0 Å². The summed E-state index contributed by atoms with van der Waals surface area (Å²) in [5, 5.41) is 5.76. The van der Waals surface area contributed by atoms with E-state index in [4.69, 9.17) is 21.5 Å². The summed E-state index contributed by atoms with van der Waals surface area (Å²) < 4.78 is 0. The van der Waals surface area contributed by atoms with Crippen LogP contribution in [0.3, 0.4) is 0 Å². The topological polar surface area (TPSA) is 273 Å². The molecule has 16 nitrogen and oxygen atoms in total. The SMILES string of the molecule is C1=CCC=CC1.CC(C)C[C@@H](C(=O)N[C@H]1N=C(c2ccccc2)c2ccccc2N(C)C1=O)C1(C(N)=O)CC=CC1.CC(C)C[C@@H](C(=O)N[C@H]1N=C(c2ccccc2)c2ccccc2N(C)C1=O)C1(C(N)=O)CC=CC1.O.O.[Pd]. The van der Waals surface area contributed by atoms with Gasteiger partial charge in [0.1, 0.15) is 0 Å². The van der Waals surface area contributed by atoms with Gasteiger partial charge in [0, 0.05) is 56.8 Å². The number of rotatable bonds is 14. The fraction of sp³-hybridized carbons (Fsp3) is 0.355. The average molecular weight is 1170 g/mol. The first-order valence-electron chi connectivity index (χ1n) is 26.3. The Bertz CT molecular complexity index is 2750. The molecule has 0 aromatic heterocycles. The number of fused-ring (bicyclic) bond motifs is 2. The first kappa shape index (κ1) is 64.1. The molecule has 3 aliphatic carbocycles. The molecule has 0 radical (unpaired) electrons. The summed E-state index contributed by atoms with van der Waals surface area (Å²) in [5.74, 6) is -3.48. The van der Waals surface area contributed by atoms with Gasteiger partial charge in [0.2, 0.25) is 36.0 Å². The second-order valence-electron chi connectivity index (χ2n) is 20.9. The maximum Gasteiger partial charge on any atom is 0.272 e. The van der Waals surface area contributed by atoms with E-state index in [1.807, 2.05) is 161 Å². The number of allylic oxidation sites excluding steroid dienone is 8. The van der Waals surface area contributed by atoms with Gasteiger partial charge in [0.15, 0.2) is 0 Å². The number of likely N-dealkylation sites (N-methyl/N-ethyl adjacent to an activating group) is 2. The van der Waals surface area contributed by atoms with Gasteiger partial charge in [0.05, 0.1) is 45.5 Å². The number of benzene rings is 4. The summed E-state index contributed by atoms with van der Waals surface area (Å²) in [6.07, 6.45) is 18.9. The second kappa shape index (κ2) is 29.0. The monoisotopic (exact) mass is 1170 g/mol. The summed E-state index contributed by atoms with van der Waals surface area (Å²) in [4.78, 5) is 92.3. The minimum absolute atomic E-state index is 0. The van der Waals surface area contributed by atoms with Gasteiger partial charge in [-0.05, 0) is 75.3 Å². The van der Waals surface area contributed by atoms with Crippen LogP contribution in [0.4, 0.5) is 11.4 Å². The predicted molar refractivity (Wildman–Crippen MR) is 308 cm³/mol. The maximum atomic E-state index is 13.7. The largest absolute Gasteiger partial charge is 0.412 e. The number of amides is 6. The zero-order valence-corrected chi connectivity index (χ0v) is 47.4. The van der Waals surface area contributed by atoms with E-state index in [2.05, 4.69) is 34.9 Å². The third-order valence-electron chi connectivity index (χ3n) is 14.8. The van der Waals surface area contributed by atoms with Crippen LogP contribution >= 0.6 is 0 Å². The molecule has 2 heterocycles. The van der Waals surface area contributed by atoms with Crippen molar-refractivity contribution >= 4 is 58.2 Å².